The number of nitrogens with zero attached hydrogens (tertiary/aromatic N) is 2. The van der Waals surface area contributed by atoms with E-state index >= 15 is 0 Å². The fourth-order valence-electron chi connectivity index (χ4n) is 3.14. The zero-order chi connectivity index (χ0) is 18.1. The number of carbonyl (C=O) groups excluding carboxylic acids is 1. The first kappa shape index (κ1) is 17.0. The first-order valence-electron chi connectivity index (χ1n) is 8.73. The van der Waals surface area contributed by atoms with Gasteiger partial charge in [0.05, 0.1) is 23.4 Å². The molecule has 1 amide bonds. The second kappa shape index (κ2) is 7.05. The van der Waals surface area contributed by atoms with Gasteiger partial charge >= 0.3 is 0 Å². The van der Waals surface area contributed by atoms with Gasteiger partial charge in [0.1, 0.15) is 0 Å². The maximum absolute atomic E-state index is 12.7. The van der Waals surface area contributed by atoms with Crippen LogP contribution >= 0.6 is 11.3 Å². The lowest BCUT2D eigenvalue weighted by Crippen LogP contribution is -2.36. The Morgan fingerprint density at radius 1 is 1.15 bits per heavy atom. The summed E-state index contributed by atoms with van der Waals surface area (Å²) < 4.78 is 6.43. The number of amides is 1. The van der Waals surface area contributed by atoms with Crippen molar-refractivity contribution >= 4 is 38.3 Å². The zero-order valence-corrected chi connectivity index (χ0v) is 15.7. The van der Waals surface area contributed by atoms with Gasteiger partial charge in [0.15, 0.2) is 5.13 Å². The summed E-state index contributed by atoms with van der Waals surface area (Å²) in [6, 6.07) is 11.7. The van der Waals surface area contributed by atoms with Gasteiger partial charge in [-0.25, -0.2) is 4.98 Å². The molecule has 0 atom stereocenters. The molecule has 1 aliphatic heterocycles. The van der Waals surface area contributed by atoms with Crippen molar-refractivity contribution in [3.63, 3.8) is 0 Å². The average Bonchev–Trinajstić information content (AvgIpc) is 3.09. The van der Waals surface area contributed by atoms with Gasteiger partial charge < -0.3 is 15.0 Å². The SMILES string of the molecule is Cc1cccc(C)c1NC(=O)c1ccc2nc(N3CCOCC3)sc2c1. The van der Waals surface area contributed by atoms with Crippen LogP contribution in [0.5, 0.6) is 0 Å². The van der Waals surface area contributed by atoms with Crippen LogP contribution < -0.4 is 10.2 Å². The Morgan fingerprint density at radius 3 is 2.62 bits per heavy atom. The number of nitrogens with one attached hydrogen (secondary N) is 1. The molecule has 1 N–H and O–H groups in total. The molecule has 0 saturated carbocycles. The Hall–Kier alpha value is -2.44. The van der Waals surface area contributed by atoms with Crippen molar-refractivity contribution < 1.29 is 9.53 Å². The highest BCUT2D eigenvalue weighted by molar-refractivity contribution is 7.22. The third-order valence-corrected chi connectivity index (χ3v) is 5.72. The number of morpholine rings is 1. The highest BCUT2D eigenvalue weighted by Crippen LogP contribution is 2.30. The van der Waals surface area contributed by atoms with Crippen LogP contribution in [0.1, 0.15) is 21.5 Å². The molecule has 6 heteroatoms. The maximum atomic E-state index is 12.7. The summed E-state index contributed by atoms with van der Waals surface area (Å²) in [5.74, 6) is -0.0920. The van der Waals surface area contributed by atoms with Crippen LogP contribution in [0, 0.1) is 13.8 Å². The molecule has 26 heavy (non-hydrogen) atoms. The van der Waals surface area contributed by atoms with E-state index in [0.29, 0.717) is 5.56 Å². The van der Waals surface area contributed by atoms with Crippen molar-refractivity contribution in [1.82, 2.24) is 4.98 Å². The number of aryl methyl sites for hydroxylation is 2. The molecule has 4 rings (SSSR count). The Kier molecular flexibility index (Phi) is 4.61. The molecule has 1 saturated heterocycles. The molecule has 0 unspecified atom stereocenters. The van der Waals surface area contributed by atoms with Gasteiger partial charge in [-0.05, 0) is 43.2 Å². The maximum Gasteiger partial charge on any atom is 0.255 e. The van der Waals surface area contributed by atoms with Crippen LogP contribution in [0.15, 0.2) is 36.4 Å². The molecule has 2 heterocycles. The first-order valence-corrected chi connectivity index (χ1v) is 9.54. The number of carbonyl (C=O) groups is 1. The fourth-order valence-corrected chi connectivity index (χ4v) is 4.20. The Labute approximate surface area is 156 Å². The standard InChI is InChI=1S/C20H21N3O2S/c1-13-4-3-5-14(2)18(13)22-19(24)15-6-7-16-17(12-15)26-20(21-16)23-8-10-25-11-9-23/h3-7,12H,8-11H2,1-2H3,(H,22,24). The molecule has 134 valence electrons. The van der Waals surface area contributed by atoms with Crippen LogP contribution in [0.3, 0.4) is 0 Å². The van der Waals surface area contributed by atoms with Crippen molar-refractivity contribution in [3.05, 3.63) is 53.1 Å². The Balaban J connectivity index is 1.59. The number of hydrogen-bond donors (Lipinski definition) is 1. The minimum atomic E-state index is -0.0920. The summed E-state index contributed by atoms with van der Waals surface area (Å²) >= 11 is 1.63. The van der Waals surface area contributed by atoms with E-state index in [1.807, 2.05) is 50.2 Å². The van der Waals surface area contributed by atoms with Crippen molar-refractivity contribution in [2.24, 2.45) is 0 Å². The van der Waals surface area contributed by atoms with Crippen molar-refractivity contribution in [3.8, 4) is 0 Å². The van der Waals surface area contributed by atoms with Gasteiger partial charge in [0.2, 0.25) is 0 Å². The molecule has 1 fully saturated rings. The molecule has 3 aromatic rings. The van der Waals surface area contributed by atoms with Crippen LogP contribution in [-0.2, 0) is 4.74 Å². The highest BCUT2D eigenvalue weighted by atomic mass is 32.1. The largest absolute Gasteiger partial charge is 0.378 e. The number of thiazole rings is 1. The molecule has 5 nitrogen and oxygen atoms in total. The monoisotopic (exact) mass is 367 g/mol. The molecule has 1 aromatic heterocycles. The van der Waals surface area contributed by atoms with E-state index in [0.717, 1.165) is 58.5 Å². The number of benzene rings is 2. The average molecular weight is 367 g/mol. The predicted molar refractivity (Wildman–Crippen MR) is 107 cm³/mol. The molecular formula is C20H21N3O2S. The number of fused-ring (bicyclic) bond motifs is 1. The number of aromatic nitrogens is 1. The zero-order valence-electron chi connectivity index (χ0n) is 14.9. The normalized spacial score (nSPS) is 14.6. The van der Waals surface area contributed by atoms with Gasteiger partial charge in [0, 0.05) is 24.3 Å². The van der Waals surface area contributed by atoms with Crippen LogP contribution in [0.2, 0.25) is 0 Å². The van der Waals surface area contributed by atoms with E-state index in [1.54, 1.807) is 11.3 Å². The van der Waals surface area contributed by atoms with Gasteiger partial charge in [0.25, 0.3) is 5.91 Å². The predicted octanol–water partition coefficient (Wildman–Crippen LogP) is 4.00. The number of para-hydroxylation sites is 1. The summed E-state index contributed by atoms with van der Waals surface area (Å²) in [5, 5.41) is 4.04. The van der Waals surface area contributed by atoms with E-state index in [1.165, 1.54) is 0 Å². The lowest BCUT2D eigenvalue weighted by atomic mass is 10.1. The van der Waals surface area contributed by atoms with Crippen molar-refractivity contribution in [2.75, 3.05) is 36.5 Å². The van der Waals surface area contributed by atoms with Gasteiger partial charge in [-0.2, -0.15) is 0 Å². The molecular weight excluding hydrogens is 346 g/mol. The summed E-state index contributed by atoms with van der Waals surface area (Å²) in [5.41, 5.74) is 4.59. The Morgan fingerprint density at radius 2 is 1.88 bits per heavy atom. The summed E-state index contributed by atoms with van der Waals surface area (Å²) in [6.07, 6.45) is 0. The second-order valence-corrected chi connectivity index (χ2v) is 7.51. The number of rotatable bonds is 3. The summed E-state index contributed by atoms with van der Waals surface area (Å²) in [4.78, 5) is 19.7. The number of anilines is 2. The van der Waals surface area contributed by atoms with Crippen molar-refractivity contribution in [1.29, 1.82) is 0 Å². The van der Waals surface area contributed by atoms with Crippen molar-refractivity contribution in [2.45, 2.75) is 13.8 Å². The quantitative estimate of drug-likeness (QED) is 0.760. The van der Waals surface area contributed by atoms with E-state index < -0.39 is 0 Å². The molecule has 0 bridgehead atoms. The second-order valence-electron chi connectivity index (χ2n) is 6.50. The van der Waals surface area contributed by atoms with Gasteiger partial charge in [-0.15, -0.1) is 0 Å². The Bertz CT molecular complexity index is 941. The molecule has 0 aliphatic carbocycles. The van der Waals surface area contributed by atoms with E-state index in [-0.39, 0.29) is 5.91 Å². The minimum Gasteiger partial charge on any atom is -0.378 e. The topological polar surface area (TPSA) is 54.5 Å². The molecule has 2 aromatic carbocycles. The minimum absolute atomic E-state index is 0.0920. The van der Waals surface area contributed by atoms with Gasteiger partial charge in [-0.1, -0.05) is 29.5 Å². The van der Waals surface area contributed by atoms with E-state index in [4.69, 9.17) is 9.72 Å². The number of hydrogen-bond acceptors (Lipinski definition) is 5. The van der Waals surface area contributed by atoms with Crippen LogP contribution in [0.25, 0.3) is 10.2 Å². The molecule has 0 radical (unpaired) electrons. The number of ether oxygens (including phenoxy) is 1. The summed E-state index contributed by atoms with van der Waals surface area (Å²) in [7, 11) is 0. The molecule has 0 spiro atoms. The fraction of sp³-hybridized carbons (Fsp3) is 0.300. The van der Waals surface area contributed by atoms with Gasteiger partial charge in [-0.3, -0.25) is 4.79 Å². The van der Waals surface area contributed by atoms with E-state index in [2.05, 4.69) is 10.2 Å². The first-order chi connectivity index (χ1) is 12.6. The van der Waals surface area contributed by atoms with Crippen LogP contribution in [0.4, 0.5) is 10.8 Å². The van der Waals surface area contributed by atoms with Crippen LogP contribution in [-0.4, -0.2) is 37.2 Å². The summed E-state index contributed by atoms with van der Waals surface area (Å²) in [6.45, 7) is 7.20. The third-order valence-electron chi connectivity index (χ3n) is 4.64. The lowest BCUT2D eigenvalue weighted by molar-refractivity contribution is 0.102. The molecule has 1 aliphatic rings. The third kappa shape index (κ3) is 3.30. The lowest BCUT2D eigenvalue weighted by Gasteiger charge is -2.25. The highest BCUT2D eigenvalue weighted by Gasteiger charge is 2.17. The smallest absolute Gasteiger partial charge is 0.255 e. The van der Waals surface area contributed by atoms with E-state index in [9.17, 15) is 4.79 Å².